The third kappa shape index (κ3) is 4.99. The number of anilines is 1. The average Bonchev–Trinajstić information content (AvgIpc) is 3.45. The zero-order valence-corrected chi connectivity index (χ0v) is 20.1. The normalized spacial score (nSPS) is 24.2. The van der Waals surface area contributed by atoms with Crippen LogP contribution in [0.4, 0.5) is 5.95 Å². The number of hydrogen-bond acceptors (Lipinski definition) is 6. The van der Waals surface area contributed by atoms with Gasteiger partial charge in [0.15, 0.2) is 0 Å². The largest absolute Gasteiger partial charge is 0.370 e. The molecule has 6 nitrogen and oxygen atoms in total. The van der Waals surface area contributed by atoms with E-state index in [4.69, 9.17) is 19.2 Å². The zero-order chi connectivity index (χ0) is 23.5. The molecule has 3 heterocycles. The molecular formula is C28H33N3O3. The Bertz CT molecular complexity index is 1070. The van der Waals surface area contributed by atoms with E-state index < -0.39 is 0 Å². The summed E-state index contributed by atoms with van der Waals surface area (Å²) in [7, 11) is 0. The Labute approximate surface area is 201 Å². The molecule has 4 atom stereocenters. The highest BCUT2D eigenvalue weighted by atomic mass is 16.6. The van der Waals surface area contributed by atoms with Crippen molar-refractivity contribution in [1.29, 1.82) is 0 Å². The van der Waals surface area contributed by atoms with Crippen LogP contribution in [0.3, 0.4) is 0 Å². The molecule has 2 aromatic carbocycles. The van der Waals surface area contributed by atoms with Crippen molar-refractivity contribution in [3.05, 3.63) is 89.7 Å². The minimum Gasteiger partial charge on any atom is -0.370 e. The molecule has 3 aromatic rings. The van der Waals surface area contributed by atoms with Crippen molar-refractivity contribution in [1.82, 2.24) is 9.97 Å². The molecule has 4 unspecified atom stereocenters. The molecule has 5 rings (SSSR count). The van der Waals surface area contributed by atoms with Crippen LogP contribution in [0.1, 0.15) is 37.6 Å². The standard InChI is InChI=1S/C28H33N3O3/c1-28(2,3)24-14-15-29-27(30-24)31(16-20-10-6-4-7-11-20)22-18-33-26-23(19-34-25(22)26)32-17-21-12-8-5-9-13-21/h4-15,22-23,25-26H,16-19H2,1-3H3. The highest BCUT2D eigenvalue weighted by Gasteiger charge is 2.50. The van der Waals surface area contributed by atoms with Crippen molar-refractivity contribution in [3.8, 4) is 0 Å². The third-order valence-corrected chi connectivity index (χ3v) is 6.55. The minimum absolute atomic E-state index is 0.00532. The van der Waals surface area contributed by atoms with Gasteiger partial charge in [-0.15, -0.1) is 0 Å². The molecule has 178 valence electrons. The van der Waals surface area contributed by atoms with Crippen LogP contribution < -0.4 is 4.90 Å². The van der Waals surface area contributed by atoms with E-state index in [0.717, 1.165) is 11.3 Å². The van der Waals surface area contributed by atoms with Gasteiger partial charge in [-0.2, -0.15) is 0 Å². The molecule has 2 aliphatic heterocycles. The lowest BCUT2D eigenvalue weighted by Crippen LogP contribution is -2.45. The quantitative estimate of drug-likeness (QED) is 0.517. The number of benzene rings is 2. The van der Waals surface area contributed by atoms with Crippen molar-refractivity contribution in [2.24, 2.45) is 0 Å². The summed E-state index contributed by atoms with van der Waals surface area (Å²) in [4.78, 5) is 11.9. The molecule has 0 bridgehead atoms. The van der Waals surface area contributed by atoms with Gasteiger partial charge in [0.1, 0.15) is 18.3 Å². The van der Waals surface area contributed by atoms with Gasteiger partial charge in [0.2, 0.25) is 5.95 Å². The first-order chi connectivity index (χ1) is 16.5. The molecule has 34 heavy (non-hydrogen) atoms. The molecule has 2 fully saturated rings. The lowest BCUT2D eigenvalue weighted by atomic mass is 9.92. The summed E-state index contributed by atoms with van der Waals surface area (Å²) in [6.45, 7) is 8.83. The summed E-state index contributed by atoms with van der Waals surface area (Å²) in [6, 6.07) is 22.7. The molecule has 0 amide bonds. The van der Waals surface area contributed by atoms with Crippen molar-refractivity contribution in [2.75, 3.05) is 18.1 Å². The molecule has 6 heteroatoms. The predicted molar refractivity (Wildman–Crippen MR) is 132 cm³/mol. The highest BCUT2D eigenvalue weighted by molar-refractivity contribution is 5.37. The van der Waals surface area contributed by atoms with Crippen LogP contribution in [0.25, 0.3) is 0 Å². The Hall–Kier alpha value is -2.80. The fourth-order valence-electron chi connectivity index (χ4n) is 4.65. The van der Waals surface area contributed by atoms with E-state index in [2.05, 4.69) is 67.1 Å². The third-order valence-electron chi connectivity index (χ3n) is 6.55. The predicted octanol–water partition coefficient (Wildman–Crippen LogP) is 4.53. The molecule has 0 aliphatic carbocycles. The first-order valence-electron chi connectivity index (χ1n) is 12.0. The second-order valence-corrected chi connectivity index (χ2v) is 10.1. The maximum absolute atomic E-state index is 6.28. The first kappa shape index (κ1) is 23.0. The average molecular weight is 460 g/mol. The lowest BCUT2D eigenvalue weighted by molar-refractivity contribution is -0.0390. The van der Waals surface area contributed by atoms with Crippen LogP contribution in [0.15, 0.2) is 72.9 Å². The van der Waals surface area contributed by atoms with Gasteiger partial charge in [-0.3, -0.25) is 0 Å². The second kappa shape index (κ2) is 9.82. The maximum atomic E-state index is 6.28. The van der Waals surface area contributed by atoms with Gasteiger partial charge in [-0.05, 0) is 17.2 Å². The van der Waals surface area contributed by atoms with Crippen LogP contribution in [-0.4, -0.2) is 47.5 Å². The first-order valence-corrected chi connectivity index (χ1v) is 12.0. The minimum atomic E-state index is -0.0993. The van der Waals surface area contributed by atoms with Gasteiger partial charge < -0.3 is 19.1 Å². The summed E-state index contributed by atoms with van der Waals surface area (Å²) in [5.41, 5.74) is 3.30. The SMILES string of the molecule is CC(C)(C)c1ccnc(N(Cc2ccccc2)C2COC3C(OCc4ccccc4)COC32)n1. The molecular weight excluding hydrogens is 426 g/mol. The number of hydrogen-bond donors (Lipinski definition) is 0. The summed E-state index contributed by atoms with van der Waals surface area (Å²) in [6.07, 6.45) is 1.58. The number of rotatable bonds is 7. The van der Waals surface area contributed by atoms with E-state index in [1.165, 1.54) is 5.56 Å². The summed E-state index contributed by atoms with van der Waals surface area (Å²) < 4.78 is 18.8. The van der Waals surface area contributed by atoms with Gasteiger partial charge in [0.05, 0.1) is 31.6 Å². The fraction of sp³-hybridized carbons (Fsp3) is 0.429. The van der Waals surface area contributed by atoms with E-state index in [0.29, 0.717) is 32.3 Å². The Balaban J connectivity index is 1.37. The van der Waals surface area contributed by atoms with Gasteiger partial charge in [0.25, 0.3) is 0 Å². The van der Waals surface area contributed by atoms with Crippen molar-refractivity contribution >= 4 is 5.95 Å². The van der Waals surface area contributed by atoms with Crippen LogP contribution in [-0.2, 0) is 32.8 Å². The topological polar surface area (TPSA) is 56.7 Å². The Morgan fingerprint density at radius 3 is 2.26 bits per heavy atom. The monoisotopic (exact) mass is 459 g/mol. The molecule has 0 spiro atoms. The van der Waals surface area contributed by atoms with Gasteiger partial charge >= 0.3 is 0 Å². The van der Waals surface area contributed by atoms with Crippen LogP contribution in [0.5, 0.6) is 0 Å². The molecule has 0 N–H and O–H groups in total. The van der Waals surface area contributed by atoms with E-state index in [1.54, 1.807) is 0 Å². The summed E-state index contributed by atoms with van der Waals surface area (Å²) >= 11 is 0. The number of fused-ring (bicyclic) bond motifs is 1. The van der Waals surface area contributed by atoms with Gasteiger partial charge in [-0.1, -0.05) is 81.4 Å². The molecule has 0 radical (unpaired) electrons. The second-order valence-electron chi connectivity index (χ2n) is 10.1. The number of aromatic nitrogens is 2. The molecule has 2 saturated heterocycles. The highest BCUT2D eigenvalue weighted by Crippen LogP contribution is 2.34. The Morgan fingerprint density at radius 1 is 0.882 bits per heavy atom. The Kier molecular flexibility index (Phi) is 6.63. The van der Waals surface area contributed by atoms with E-state index in [9.17, 15) is 0 Å². The maximum Gasteiger partial charge on any atom is 0.226 e. The zero-order valence-electron chi connectivity index (χ0n) is 20.1. The van der Waals surface area contributed by atoms with E-state index in [-0.39, 0.29) is 29.8 Å². The number of ether oxygens (including phenoxy) is 3. The summed E-state index contributed by atoms with van der Waals surface area (Å²) in [5.74, 6) is 0.711. The van der Waals surface area contributed by atoms with Gasteiger partial charge in [-0.25, -0.2) is 9.97 Å². The van der Waals surface area contributed by atoms with Crippen LogP contribution in [0.2, 0.25) is 0 Å². The molecule has 0 saturated carbocycles. The van der Waals surface area contributed by atoms with E-state index in [1.807, 2.05) is 36.5 Å². The van der Waals surface area contributed by atoms with E-state index >= 15 is 0 Å². The number of nitrogens with zero attached hydrogens (tertiary/aromatic N) is 3. The molecule has 2 aliphatic rings. The van der Waals surface area contributed by atoms with Crippen LogP contribution >= 0.6 is 0 Å². The Morgan fingerprint density at radius 2 is 1.56 bits per heavy atom. The lowest BCUT2D eigenvalue weighted by Gasteiger charge is -2.32. The van der Waals surface area contributed by atoms with Crippen molar-refractivity contribution in [3.63, 3.8) is 0 Å². The van der Waals surface area contributed by atoms with Gasteiger partial charge in [0, 0.05) is 18.2 Å². The van der Waals surface area contributed by atoms with Crippen LogP contribution in [0, 0.1) is 0 Å². The summed E-state index contributed by atoms with van der Waals surface area (Å²) in [5, 5.41) is 0. The smallest absolute Gasteiger partial charge is 0.226 e. The fourth-order valence-corrected chi connectivity index (χ4v) is 4.65. The van der Waals surface area contributed by atoms with Crippen molar-refractivity contribution in [2.45, 2.75) is 63.7 Å². The molecule has 1 aromatic heterocycles. The van der Waals surface area contributed by atoms with Crippen molar-refractivity contribution < 1.29 is 14.2 Å².